The Morgan fingerprint density at radius 1 is 1.23 bits per heavy atom. The summed E-state index contributed by atoms with van der Waals surface area (Å²) in [5, 5.41) is 3.41. The van der Waals surface area contributed by atoms with E-state index < -0.39 is 0 Å². The van der Waals surface area contributed by atoms with Crippen molar-refractivity contribution in [1.82, 2.24) is 24.2 Å². The summed E-state index contributed by atoms with van der Waals surface area (Å²) in [5.41, 5.74) is 6.37. The van der Waals surface area contributed by atoms with Crippen molar-refractivity contribution in [3.63, 3.8) is 0 Å². The zero-order valence-electron chi connectivity index (χ0n) is 24.0. The Balaban J connectivity index is 1.47. The molecule has 40 heavy (non-hydrogen) atoms. The SMILES string of the molecule is C=C/C=C\c1cccc(C2CCN(C(=O)CNc3c(C(/C=C\C)=C/C=C/N(C)C)nc4cnccn34)CC2)c1C. The van der Waals surface area contributed by atoms with Crippen LogP contribution in [0.5, 0.6) is 0 Å². The summed E-state index contributed by atoms with van der Waals surface area (Å²) < 4.78 is 1.95. The number of piperidine rings is 1. The van der Waals surface area contributed by atoms with E-state index in [1.54, 1.807) is 18.5 Å². The number of likely N-dealkylation sites (tertiary alicyclic amines) is 1. The Morgan fingerprint density at radius 3 is 2.75 bits per heavy atom. The first kappa shape index (κ1) is 28.6. The minimum Gasteiger partial charge on any atom is -0.383 e. The van der Waals surface area contributed by atoms with Crippen molar-refractivity contribution in [2.45, 2.75) is 32.6 Å². The monoisotopic (exact) mass is 536 g/mol. The third-order valence-corrected chi connectivity index (χ3v) is 7.23. The maximum Gasteiger partial charge on any atom is 0.241 e. The van der Waals surface area contributed by atoms with Gasteiger partial charge >= 0.3 is 0 Å². The standard InChI is InChI=1S/C33H40N6O/c1-6-8-12-26-13-9-15-29(25(26)3)27-16-20-38(21-17-27)31(40)24-35-33-32(36-30-23-34-18-22-39(30)33)28(11-7-2)14-10-19-37(4)5/h6-15,18-19,22-23,27,35H,1,16-17,20-21,24H2,2-5H3/b11-7-,12-8-,19-10+,28-14+. The van der Waals surface area contributed by atoms with E-state index in [2.05, 4.69) is 48.1 Å². The fraction of sp³-hybridized carbons (Fsp3) is 0.303. The van der Waals surface area contributed by atoms with Crippen LogP contribution in [0.4, 0.5) is 5.82 Å². The summed E-state index contributed by atoms with van der Waals surface area (Å²) in [6.45, 7) is 9.65. The first-order valence-electron chi connectivity index (χ1n) is 13.8. The van der Waals surface area contributed by atoms with E-state index in [0.717, 1.165) is 48.7 Å². The summed E-state index contributed by atoms with van der Waals surface area (Å²) >= 11 is 0. The molecule has 3 heterocycles. The summed E-state index contributed by atoms with van der Waals surface area (Å²) in [6.07, 6.45) is 23.1. The predicted molar refractivity (Wildman–Crippen MR) is 166 cm³/mol. The Morgan fingerprint density at radius 2 is 2.02 bits per heavy atom. The number of nitrogens with one attached hydrogen (secondary N) is 1. The average molecular weight is 537 g/mol. The lowest BCUT2D eigenvalue weighted by atomic mass is 9.85. The number of nitrogens with zero attached hydrogens (tertiary/aromatic N) is 5. The van der Waals surface area contributed by atoms with E-state index in [1.807, 2.05) is 78.0 Å². The number of carbonyl (C=O) groups excluding carboxylic acids is 1. The minimum absolute atomic E-state index is 0.0943. The molecule has 0 radical (unpaired) electrons. The number of allylic oxidation sites excluding steroid dienone is 7. The highest BCUT2D eigenvalue weighted by atomic mass is 16.2. The van der Waals surface area contributed by atoms with Crippen LogP contribution in [0.25, 0.3) is 17.3 Å². The highest BCUT2D eigenvalue weighted by molar-refractivity contribution is 5.85. The quantitative estimate of drug-likeness (QED) is 0.318. The van der Waals surface area contributed by atoms with E-state index in [4.69, 9.17) is 4.98 Å². The number of carbonyl (C=O) groups is 1. The summed E-state index contributed by atoms with van der Waals surface area (Å²) in [5.74, 6) is 1.33. The van der Waals surface area contributed by atoms with E-state index in [-0.39, 0.29) is 12.5 Å². The van der Waals surface area contributed by atoms with Crippen molar-refractivity contribution in [3.05, 3.63) is 108 Å². The molecule has 0 atom stereocenters. The molecule has 4 rings (SSSR count). The van der Waals surface area contributed by atoms with Crippen molar-refractivity contribution in [2.75, 3.05) is 39.0 Å². The molecule has 7 nitrogen and oxygen atoms in total. The van der Waals surface area contributed by atoms with Crippen molar-refractivity contribution >= 4 is 29.0 Å². The third kappa shape index (κ3) is 6.78. The van der Waals surface area contributed by atoms with Crippen LogP contribution in [0.15, 0.2) is 86.0 Å². The Bertz CT molecular complexity index is 1450. The number of benzene rings is 1. The van der Waals surface area contributed by atoms with Crippen LogP contribution >= 0.6 is 0 Å². The van der Waals surface area contributed by atoms with Gasteiger partial charge in [0.05, 0.1) is 12.7 Å². The molecule has 1 amide bonds. The number of imidazole rings is 1. The van der Waals surface area contributed by atoms with Crippen LogP contribution in [-0.4, -0.2) is 63.8 Å². The van der Waals surface area contributed by atoms with Gasteiger partial charge in [0.15, 0.2) is 5.65 Å². The number of hydrogen-bond donors (Lipinski definition) is 1. The van der Waals surface area contributed by atoms with Gasteiger partial charge in [-0.1, -0.05) is 61.2 Å². The normalized spacial score (nSPS) is 15.1. The Kier molecular flexibility index (Phi) is 9.73. The fourth-order valence-electron chi connectivity index (χ4n) is 5.17. The molecule has 0 unspecified atom stereocenters. The predicted octanol–water partition coefficient (Wildman–Crippen LogP) is 6.09. The van der Waals surface area contributed by atoms with Crippen LogP contribution in [0, 0.1) is 6.92 Å². The molecule has 1 aliphatic heterocycles. The summed E-state index contributed by atoms with van der Waals surface area (Å²) in [6, 6.07) is 6.50. The van der Waals surface area contributed by atoms with Gasteiger partial charge in [-0.05, 0) is 61.6 Å². The van der Waals surface area contributed by atoms with Gasteiger partial charge in [-0.25, -0.2) is 4.98 Å². The Labute approximate surface area is 237 Å². The highest BCUT2D eigenvalue weighted by Crippen LogP contribution is 2.32. The number of hydrogen-bond acceptors (Lipinski definition) is 5. The maximum atomic E-state index is 13.3. The van der Waals surface area contributed by atoms with E-state index in [9.17, 15) is 4.79 Å². The van der Waals surface area contributed by atoms with E-state index in [1.165, 1.54) is 16.7 Å². The molecule has 7 heteroatoms. The van der Waals surface area contributed by atoms with Gasteiger partial charge in [0.25, 0.3) is 0 Å². The molecule has 1 saturated heterocycles. The molecule has 0 spiro atoms. The number of aromatic nitrogens is 3. The first-order chi connectivity index (χ1) is 19.4. The lowest BCUT2D eigenvalue weighted by Gasteiger charge is -2.33. The lowest BCUT2D eigenvalue weighted by Crippen LogP contribution is -2.41. The molecule has 1 aliphatic rings. The molecule has 1 fully saturated rings. The van der Waals surface area contributed by atoms with Crippen LogP contribution in [0.1, 0.15) is 48.1 Å². The molecule has 0 bridgehead atoms. The second-order valence-corrected chi connectivity index (χ2v) is 10.2. The Hall–Kier alpha value is -4.39. The maximum absolute atomic E-state index is 13.3. The van der Waals surface area contributed by atoms with Gasteiger partial charge in [0.1, 0.15) is 11.5 Å². The molecule has 208 valence electrons. The fourth-order valence-corrected chi connectivity index (χ4v) is 5.17. The highest BCUT2D eigenvalue weighted by Gasteiger charge is 2.25. The molecule has 0 aliphatic carbocycles. The van der Waals surface area contributed by atoms with E-state index >= 15 is 0 Å². The zero-order valence-corrected chi connectivity index (χ0v) is 24.0. The topological polar surface area (TPSA) is 65.8 Å². The van der Waals surface area contributed by atoms with Crippen LogP contribution in [0.3, 0.4) is 0 Å². The molecule has 3 aromatic rings. The van der Waals surface area contributed by atoms with Crippen molar-refractivity contribution < 1.29 is 4.79 Å². The van der Waals surface area contributed by atoms with Gasteiger partial charge in [-0.2, -0.15) is 0 Å². The number of rotatable bonds is 10. The summed E-state index contributed by atoms with van der Waals surface area (Å²) in [7, 11) is 3.97. The molecular weight excluding hydrogens is 496 g/mol. The second-order valence-electron chi connectivity index (χ2n) is 10.2. The zero-order chi connectivity index (χ0) is 28.5. The van der Waals surface area contributed by atoms with Crippen LogP contribution in [-0.2, 0) is 4.79 Å². The first-order valence-corrected chi connectivity index (χ1v) is 13.8. The molecule has 1 aromatic carbocycles. The lowest BCUT2D eigenvalue weighted by molar-refractivity contribution is -0.130. The van der Waals surface area contributed by atoms with Gasteiger partial charge in [0.2, 0.25) is 5.91 Å². The van der Waals surface area contributed by atoms with Crippen molar-refractivity contribution in [3.8, 4) is 0 Å². The summed E-state index contributed by atoms with van der Waals surface area (Å²) in [4.78, 5) is 26.4. The van der Waals surface area contributed by atoms with E-state index in [0.29, 0.717) is 5.92 Å². The number of fused-ring (bicyclic) bond motifs is 1. The van der Waals surface area contributed by atoms with Gasteiger partial charge in [0, 0.05) is 45.2 Å². The number of amides is 1. The van der Waals surface area contributed by atoms with Crippen molar-refractivity contribution in [2.24, 2.45) is 0 Å². The van der Waals surface area contributed by atoms with Crippen LogP contribution < -0.4 is 5.32 Å². The number of anilines is 1. The molecular formula is C33H40N6O. The molecule has 0 saturated carbocycles. The van der Waals surface area contributed by atoms with Gasteiger partial charge < -0.3 is 15.1 Å². The van der Waals surface area contributed by atoms with Crippen LogP contribution in [0.2, 0.25) is 0 Å². The third-order valence-electron chi connectivity index (χ3n) is 7.23. The second kappa shape index (κ2) is 13.6. The van der Waals surface area contributed by atoms with Gasteiger partial charge in [-0.3, -0.25) is 14.2 Å². The smallest absolute Gasteiger partial charge is 0.241 e. The van der Waals surface area contributed by atoms with Gasteiger partial charge in [-0.15, -0.1) is 0 Å². The molecule has 2 aromatic heterocycles. The largest absolute Gasteiger partial charge is 0.383 e. The van der Waals surface area contributed by atoms with Crippen molar-refractivity contribution in [1.29, 1.82) is 0 Å². The average Bonchev–Trinajstić information content (AvgIpc) is 3.33. The minimum atomic E-state index is 0.0943. The molecule has 1 N–H and O–H groups in total.